The summed E-state index contributed by atoms with van der Waals surface area (Å²) in [7, 11) is 0. The lowest BCUT2D eigenvalue weighted by Gasteiger charge is -2.24. The molecule has 19 heavy (non-hydrogen) atoms. The van der Waals surface area contributed by atoms with Gasteiger partial charge in [-0.05, 0) is 43.2 Å². The normalized spacial score (nSPS) is 17.9. The predicted octanol–water partition coefficient (Wildman–Crippen LogP) is 2.62. The molecule has 4 N–H and O–H groups in total. The van der Waals surface area contributed by atoms with E-state index in [9.17, 15) is 0 Å². The molecule has 1 aliphatic carbocycles. The highest BCUT2D eigenvalue weighted by Crippen LogP contribution is 2.35. The van der Waals surface area contributed by atoms with Crippen LogP contribution in [-0.4, -0.2) is 9.97 Å². The molecule has 0 spiro atoms. The molecule has 2 aromatic rings. The number of aromatic nitrogens is 2. The third-order valence-corrected chi connectivity index (χ3v) is 4.35. The summed E-state index contributed by atoms with van der Waals surface area (Å²) in [5.41, 5.74) is 4.81. The molecule has 1 atom stereocenters. The van der Waals surface area contributed by atoms with E-state index < -0.39 is 0 Å². The van der Waals surface area contributed by atoms with Gasteiger partial charge in [-0.25, -0.2) is 10.8 Å². The van der Waals surface area contributed by atoms with Crippen LogP contribution in [0.1, 0.15) is 35.0 Å². The second-order valence-corrected chi connectivity index (χ2v) is 5.75. The Morgan fingerprint density at radius 2 is 2.32 bits per heavy atom. The highest BCUT2D eigenvalue weighted by Gasteiger charge is 2.21. The van der Waals surface area contributed by atoms with Crippen LogP contribution < -0.4 is 16.6 Å². The van der Waals surface area contributed by atoms with Crippen molar-refractivity contribution in [3.63, 3.8) is 0 Å². The maximum Gasteiger partial charge on any atom is 0.239 e. The van der Waals surface area contributed by atoms with Crippen LogP contribution in [-0.2, 0) is 6.42 Å². The average Bonchev–Trinajstić information content (AvgIpc) is 2.87. The van der Waals surface area contributed by atoms with E-state index in [1.165, 1.54) is 23.3 Å². The van der Waals surface area contributed by atoms with E-state index in [-0.39, 0.29) is 0 Å². The first kappa shape index (κ1) is 12.4. The minimum Gasteiger partial charge on any atom is -0.363 e. The lowest BCUT2D eigenvalue weighted by Crippen LogP contribution is -2.18. The van der Waals surface area contributed by atoms with Crippen LogP contribution in [0.25, 0.3) is 0 Å². The van der Waals surface area contributed by atoms with Crippen LogP contribution in [0, 0.1) is 6.92 Å². The fourth-order valence-corrected chi connectivity index (χ4v) is 3.51. The van der Waals surface area contributed by atoms with Gasteiger partial charge in [0.15, 0.2) is 0 Å². The van der Waals surface area contributed by atoms with Crippen molar-refractivity contribution in [3.05, 3.63) is 33.6 Å². The van der Waals surface area contributed by atoms with E-state index in [4.69, 9.17) is 5.84 Å². The summed E-state index contributed by atoms with van der Waals surface area (Å²) in [5, 5.41) is 5.67. The molecule has 0 bridgehead atoms. The summed E-state index contributed by atoms with van der Waals surface area (Å²) in [4.78, 5) is 10.0. The SMILES string of the molecule is Cc1cc(NC2CCCc3sccc32)nc(NN)n1. The average molecular weight is 275 g/mol. The quantitative estimate of drug-likeness (QED) is 0.593. The Balaban J connectivity index is 1.85. The molecule has 0 saturated carbocycles. The maximum atomic E-state index is 5.38. The maximum absolute atomic E-state index is 5.38. The van der Waals surface area contributed by atoms with Gasteiger partial charge in [-0.1, -0.05) is 0 Å². The van der Waals surface area contributed by atoms with Gasteiger partial charge >= 0.3 is 0 Å². The van der Waals surface area contributed by atoms with Gasteiger partial charge in [0.05, 0.1) is 6.04 Å². The molecular weight excluding hydrogens is 258 g/mol. The van der Waals surface area contributed by atoms with Gasteiger partial charge in [-0.3, -0.25) is 5.43 Å². The third-order valence-electron chi connectivity index (χ3n) is 3.36. The first-order valence-electron chi connectivity index (χ1n) is 6.41. The molecule has 0 radical (unpaired) electrons. The number of thiophene rings is 1. The molecule has 0 amide bonds. The lowest BCUT2D eigenvalue weighted by molar-refractivity contribution is 0.607. The Bertz CT molecular complexity index is 580. The van der Waals surface area contributed by atoms with Gasteiger partial charge in [-0.2, -0.15) is 4.98 Å². The molecule has 2 aromatic heterocycles. The molecule has 0 saturated heterocycles. The van der Waals surface area contributed by atoms with Crippen LogP contribution in [0.2, 0.25) is 0 Å². The number of nitrogens with zero attached hydrogens (tertiary/aromatic N) is 2. The Labute approximate surface area is 116 Å². The van der Waals surface area contributed by atoms with Crippen LogP contribution in [0.15, 0.2) is 17.5 Å². The van der Waals surface area contributed by atoms with Crippen molar-refractivity contribution in [1.82, 2.24) is 9.97 Å². The van der Waals surface area contributed by atoms with Crippen molar-refractivity contribution in [2.24, 2.45) is 5.84 Å². The standard InChI is InChI=1S/C13H17N5S/c1-8-7-12(17-13(15-8)18-14)16-10-3-2-4-11-9(10)5-6-19-11/h5-7,10H,2-4,14H2,1H3,(H2,15,16,17,18). The Hall–Kier alpha value is -1.66. The molecule has 1 aliphatic rings. The minimum atomic E-state index is 0.343. The zero-order chi connectivity index (χ0) is 13.2. The van der Waals surface area contributed by atoms with Crippen molar-refractivity contribution in [2.75, 3.05) is 10.7 Å². The van der Waals surface area contributed by atoms with Crippen LogP contribution >= 0.6 is 11.3 Å². The molecule has 1 unspecified atom stereocenters. The number of anilines is 2. The molecular formula is C13H17N5S. The number of aryl methyl sites for hydroxylation is 2. The number of hydrogen-bond donors (Lipinski definition) is 3. The molecule has 2 heterocycles. The van der Waals surface area contributed by atoms with Crippen molar-refractivity contribution >= 4 is 23.1 Å². The minimum absolute atomic E-state index is 0.343. The van der Waals surface area contributed by atoms with Gasteiger partial charge in [0, 0.05) is 16.6 Å². The van der Waals surface area contributed by atoms with Gasteiger partial charge in [0.1, 0.15) is 5.82 Å². The Morgan fingerprint density at radius 3 is 3.16 bits per heavy atom. The first-order chi connectivity index (χ1) is 9.26. The summed E-state index contributed by atoms with van der Waals surface area (Å²) >= 11 is 1.85. The summed E-state index contributed by atoms with van der Waals surface area (Å²) in [6, 6.07) is 4.50. The van der Waals surface area contributed by atoms with E-state index >= 15 is 0 Å². The number of rotatable bonds is 3. The van der Waals surface area contributed by atoms with Crippen molar-refractivity contribution in [3.8, 4) is 0 Å². The fourth-order valence-electron chi connectivity index (χ4n) is 2.52. The topological polar surface area (TPSA) is 75.9 Å². The molecule has 5 nitrogen and oxygen atoms in total. The molecule has 3 rings (SSSR count). The van der Waals surface area contributed by atoms with E-state index in [0.717, 1.165) is 17.9 Å². The molecule has 100 valence electrons. The molecule has 0 aliphatic heterocycles. The number of hydrogen-bond acceptors (Lipinski definition) is 6. The van der Waals surface area contributed by atoms with Crippen LogP contribution in [0.3, 0.4) is 0 Å². The van der Waals surface area contributed by atoms with Gasteiger partial charge < -0.3 is 5.32 Å². The Morgan fingerprint density at radius 1 is 1.42 bits per heavy atom. The summed E-state index contributed by atoms with van der Waals surface area (Å²) in [6.45, 7) is 1.94. The predicted molar refractivity (Wildman–Crippen MR) is 78.2 cm³/mol. The number of fused-ring (bicyclic) bond motifs is 1. The number of nitrogens with one attached hydrogen (secondary N) is 2. The van der Waals surface area contributed by atoms with E-state index in [1.807, 2.05) is 24.3 Å². The largest absolute Gasteiger partial charge is 0.363 e. The first-order valence-corrected chi connectivity index (χ1v) is 7.29. The summed E-state index contributed by atoms with van der Waals surface area (Å²) in [5.74, 6) is 6.65. The second-order valence-electron chi connectivity index (χ2n) is 4.75. The highest BCUT2D eigenvalue weighted by atomic mass is 32.1. The smallest absolute Gasteiger partial charge is 0.239 e. The fraction of sp³-hybridized carbons (Fsp3) is 0.385. The summed E-state index contributed by atoms with van der Waals surface area (Å²) in [6.07, 6.45) is 3.55. The number of nitrogens with two attached hydrogens (primary N) is 1. The van der Waals surface area contributed by atoms with Crippen LogP contribution in [0.5, 0.6) is 0 Å². The lowest BCUT2D eigenvalue weighted by atomic mass is 9.94. The zero-order valence-electron chi connectivity index (χ0n) is 10.8. The van der Waals surface area contributed by atoms with Crippen molar-refractivity contribution in [2.45, 2.75) is 32.2 Å². The zero-order valence-corrected chi connectivity index (χ0v) is 11.6. The second kappa shape index (κ2) is 5.14. The third kappa shape index (κ3) is 2.54. The van der Waals surface area contributed by atoms with Gasteiger partial charge in [0.25, 0.3) is 0 Å². The van der Waals surface area contributed by atoms with E-state index in [2.05, 4.69) is 32.2 Å². The molecule has 0 aromatic carbocycles. The monoisotopic (exact) mass is 275 g/mol. The number of hydrazine groups is 1. The van der Waals surface area contributed by atoms with Gasteiger partial charge in [0.2, 0.25) is 5.95 Å². The van der Waals surface area contributed by atoms with Crippen LogP contribution in [0.4, 0.5) is 11.8 Å². The Kier molecular flexibility index (Phi) is 3.35. The molecule has 6 heteroatoms. The van der Waals surface area contributed by atoms with E-state index in [0.29, 0.717) is 12.0 Å². The van der Waals surface area contributed by atoms with E-state index in [1.54, 1.807) is 0 Å². The van der Waals surface area contributed by atoms with Gasteiger partial charge in [-0.15, -0.1) is 11.3 Å². The molecule has 0 fully saturated rings. The summed E-state index contributed by atoms with van der Waals surface area (Å²) < 4.78 is 0. The van der Waals surface area contributed by atoms with Crippen molar-refractivity contribution < 1.29 is 0 Å². The van der Waals surface area contributed by atoms with Crippen molar-refractivity contribution in [1.29, 1.82) is 0 Å². The number of nitrogen functional groups attached to an aromatic ring is 1. The highest BCUT2D eigenvalue weighted by molar-refractivity contribution is 7.10.